The average Bonchev–Trinajstić information content (AvgIpc) is 2.63. The number of hydrogen-bond acceptors (Lipinski definition) is 4. The van der Waals surface area contributed by atoms with E-state index in [-0.39, 0.29) is 6.04 Å². The highest BCUT2D eigenvalue weighted by atomic mass is 35.5. The summed E-state index contributed by atoms with van der Waals surface area (Å²) in [4.78, 5) is 4.11. The molecule has 0 aromatic carbocycles. The molecule has 0 radical (unpaired) electrons. The Balaban J connectivity index is 2.45. The van der Waals surface area contributed by atoms with Crippen molar-refractivity contribution in [3.63, 3.8) is 0 Å². The maximum atomic E-state index is 6.00. The number of imidazole rings is 1. The van der Waals surface area contributed by atoms with E-state index in [1.807, 2.05) is 6.07 Å². The highest BCUT2D eigenvalue weighted by molar-refractivity contribution is 6.30. The van der Waals surface area contributed by atoms with Gasteiger partial charge in [-0.2, -0.15) is 5.10 Å². The molecule has 0 saturated carbocycles. The fourth-order valence-corrected chi connectivity index (χ4v) is 1.65. The first-order valence-electron chi connectivity index (χ1n) is 4.46. The first-order valence-corrected chi connectivity index (χ1v) is 4.84. The summed E-state index contributed by atoms with van der Waals surface area (Å²) in [7, 11) is 1.59. The van der Waals surface area contributed by atoms with E-state index in [2.05, 4.69) is 10.1 Å². The van der Waals surface area contributed by atoms with Crippen LogP contribution in [0.1, 0.15) is 11.6 Å². The molecule has 0 aliphatic heterocycles. The predicted molar refractivity (Wildman–Crippen MR) is 56.8 cm³/mol. The van der Waals surface area contributed by atoms with Crippen LogP contribution in [0.5, 0.6) is 0 Å². The lowest BCUT2D eigenvalue weighted by atomic mass is 10.1. The molecule has 2 heterocycles. The Morgan fingerprint density at radius 1 is 1.67 bits per heavy atom. The topological polar surface area (TPSA) is 65.4 Å². The lowest BCUT2D eigenvalue weighted by molar-refractivity contribution is 0.181. The lowest BCUT2D eigenvalue weighted by Gasteiger charge is -2.11. The van der Waals surface area contributed by atoms with Crippen LogP contribution >= 0.6 is 11.6 Å². The van der Waals surface area contributed by atoms with Gasteiger partial charge >= 0.3 is 0 Å². The molecule has 0 aliphatic carbocycles. The molecule has 2 rings (SSSR count). The largest absolute Gasteiger partial charge is 0.383 e. The van der Waals surface area contributed by atoms with Crippen LogP contribution < -0.4 is 5.73 Å². The van der Waals surface area contributed by atoms with Crippen LogP contribution in [0.3, 0.4) is 0 Å². The van der Waals surface area contributed by atoms with Crippen molar-refractivity contribution in [3.05, 3.63) is 29.2 Å². The van der Waals surface area contributed by atoms with Gasteiger partial charge in [-0.3, -0.25) is 0 Å². The minimum Gasteiger partial charge on any atom is -0.383 e. The van der Waals surface area contributed by atoms with Crippen molar-refractivity contribution in [3.8, 4) is 0 Å². The summed E-state index contributed by atoms with van der Waals surface area (Å²) < 4.78 is 6.57. The van der Waals surface area contributed by atoms with E-state index in [4.69, 9.17) is 22.1 Å². The smallest absolute Gasteiger partial charge is 0.155 e. The Kier molecular flexibility index (Phi) is 2.86. The third kappa shape index (κ3) is 1.94. The Hall–Kier alpha value is -1.17. The van der Waals surface area contributed by atoms with Gasteiger partial charge in [-0.25, -0.2) is 9.50 Å². The standard InChI is InChI=1S/C9H11ClN4O/c1-15-5-7(11)6-4-8-12-2-3-14(8)13-9(6)10/h2-4,7H,5,11H2,1H3/t7-/m1/s1. The minimum atomic E-state index is -0.281. The molecule has 80 valence electrons. The number of halogens is 1. The van der Waals surface area contributed by atoms with Crippen LogP contribution in [0.25, 0.3) is 5.65 Å². The zero-order valence-electron chi connectivity index (χ0n) is 8.22. The second-order valence-corrected chi connectivity index (χ2v) is 3.54. The average molecular weight is 227 g/mol. The summed E-state index contributed by atoms with van der Waals surface area (Å²) >= 11 is 6.00. The molecule has 2 N–H and O–H groups in total. The number of fused-ring (bicyclic) bond motifs is 1. The predicted octanol–water partition coefficient (Wildman–Crippen LogP) is 1.03. The minimum absolute atomic E-state index is 0.281. The van der Waals surface area contributed by atoms with Gasteiger partial charge in [0.15, 0.2) is 10.8 Å². The molecule has 15 heavy (non-hydrogen) atoms. The second-order valence-electron chi connectivity index (χ2n) is 3.18. The van der Waals surface area contributed by atoms with Gasteiger partial charge in [0.2, 0.25) is 0 Å². The fourth-order valence-electron chi connectivity index (χ4n) is 1.38. The van der Waals surface area contributed by atoms with Gasteiger partial charge in [-0.1, -0.05) is 11.6 Å². The van der Waals surface area contributed by atoms with E-state index in [0.29, 0.717) is 11.8 Å². The third-order valence-electron chi connectivity index (χ3n) is 2.11. The van der Waals surface area contributed by atoms with E-state index < -0.39 is 0 Å². The Morgan fingerprint density at radius 3 is 3.20 bits per heavy atom. The van der Waals surface area contributed by atoms with Crippen molar-refractivity contribution in [1.82, 2.24) is 14.6 Å². The van der Waals surface area contributed by atoms with E-state index in [1.54, 1.807) is 24.0 Å². The van der Waals surface area contributed by atoms with Crippen molar-refractivity contribution >= 4 is 17.2 Å². The normalized spacial score (nSPS) is 13.3. The molecule has 1 atom stereocenters. The molecule has 0 spiro atoms. The van der Waals surface area contributed by atoms with E-state index in [0.717, 1.165) is 11.2 Å². The molecule has 2 aromatic heterocycles. The van der Waals surface area contributed by atoms with Crippen LogP contribution in [0.2, 0.25) is 5.15 Å². The van der Waals surface area contributed by atoms with Crippen molar-refractivity contribution in [2.45, 2.75) is 6.04 Å². The molecule has 2 aromatic rings. The molecular formula is C9H11ClN4O. The van der Waals surface area contributed by atoms with Gasteiger partial charge < -0.3 is 10.5 Å². The SMILES string of the molecule is COC[C@@H](N)c1cc2nccn2nc1Cl. The molecule has 5 nitrogen and oxygen atoms in total. The second kappa shape index (κ2) is 4.14. The number of methoxy groups -OCH3 is 1. The van der Waals surface area contributed by atoms with Gasteiger partial charge in [0.25, 0.3) is 0 Å². The van der Waals surface area contributed by atoms with Gasteiger partial charge in [-0.05, 0) is 6.07 Å². The number of hydrogen-bond donors (Lipinski definition) is 1. The monoisotopic (exact) mass is 226 g/mol. The van der Waals surface area contributed by atoms with Gasteiger partial charge in [0.05, 0.1) is 12.6 Å². The number of nitrogens with two attached hydrogens (primary N) is 1. The number of ether oxygens (including phenoxy) is 1. The molecule has 0 amide bonds. The van der Waals surface area contributed by atoms with Crippen molar-refractivity contribution < 1.29 is 4.74 Å². The van der Waals surface area contributed by atoms with Crippen LogP contribution in [0.15, 0.2) is 18.5 Å². The molecule has 0 unspecified atom stereocenters. The summed E-state index contributed by atoms with van der Waals surface area (Å²) in [5.74, 6) is 0. The van der Waals surface area contributed by atoms with Gasteiger partial charge in [0.1, 0.15) is 0 Å². The fraction of sp³-hybridized carbons (Fsp3) is 0.333. The number of rotatable bonds is 3. The number of nitrogens with zero attached hydrogens (tertiary/aromatic N) is 3. The van der Waals surface area contributed by atoms with Crippen molar-refractivity contribution in [2.75, 3.05) is 13.7 Å². The quantitative estimate of drug-likeness (QED) is 0.849. The zero-order chi connectivity index (χ0) is 10.8. The first-order chi connectivity index (χ1) is 7.22. The summed E-state index contributed by atoms with van der Waals surface area (Å²) in [5.41, 5.74) is 7.35. The molecule has 0 fully saturated rings. The van der Waals surface area contributed by atoms with E-state index in [1.165, 1.54) is 0 Å². The molecular weight excluding hydrogens is 216 g/mol. The third-order valence-corrected chi connectivity index (χ3v) is 2.41. The Bertz CT molecular complexity index is 470. The zero-order valence-corrected chi connectivity index (χ0v) is 8.98. The Labute approximate surface area is 91.8 Å². The maximum absolute atomic E-state index is 6.00. The molecule has 0 saturated heterocycles. The molecule has 6 heteroatoms. The maximum Gasteiger partial charge on any atom is 0.155 e. The summed E-state index contributed by atoms with van der Waals surface area (Å²) in [6.07, 6.45) is 3.39. The van der Waals surface area contributed by atoms with E-state index >= 15 is 0 Å². The highest BCUT2D eigenvalue weighted by Gasteiger charge is 2.12. The number of aromatic nitrogens is 3. The summed E-state index contributed by atoms with van der Waals surface area (Å²) in [6.45, 7) is 0.401. The van der Waals surface area contributed by atoms with Crippen molar-refractivity contribution in [2.24, 2.45) is 5.73 Å². The first kappa shape index (κ1) is 10.4. The lowest BCUT2D eigenvalue weighted by Crippen LogP contribution is -2.17. The Morgan fingerprint density at radius 2 is 2.47 bits per heavy atom. The molecule has 0 bridgehead atoms. The van der Waals surface area contributed by atoms with Crippen molar-refractivity contribution in [1.29, 1.82) is 0 Å². The van der Waals surface area contributed by atoms with Crippen LogP contribution in [0, 0.1) is 0 Å². The van der Waals surface area contributed by atoms with Crippen LogP contribution in [-0.2, 0) is 4.74 Å². The van der Waals surface area contributed by atoms with Crippen LogP contribution in [0.4, 0.5) is 0 Å². The van der Waals surface area contributed by atoms with Crippen LogP contribution in [-0.4, -0.2) is 28.3 Å². The summed E-state index contributed by atoms with van der Waals surface area (Å²) in [5, 5.41) is 4.50. The summed E-state index contributed by atoms with van der Waals surface area (Å²) in [6, 6.07) is 1.54. The van der Waals surface area contributed by atoms with Gasteiger partial charge in [-0.15, -0.1) is 0 Å². The van der Waals surface area contributed by atoms with Gasteiger partial charge in [0, 0.05) is 25.1 Å². The van der Waals surface area contributed by atoms with E-state index in [9.17, 15) is 0 Å². The highest BCUT2D eigenvalue weighted by Crippen LogP contribution is 2.20. The molecule has 0 aliphatic rings.